The van der Waals surface area contributed by atoms with Crippen molar-refractivity contribution < 1.29 is 22.7 Å². The molecule has 0 saturated heterocycles. The van der Waals surface area contributed by atoms with Gasteiger partial charge in [0.1, 0.15) is 19.8 Å². The van der Waals surface area contributed by atoms with Crippen molar-refractivity contribution in [1.29, 1.82) is 0 Å². The minimum atomic E-state index is -3.59. The summed E-state index contributed by atoms with van der Waals surface area (Å²) in [5.41, 5.74) is 1.29. The lowest BCUT2D eigenvalue weighted by molar-refractivity contribution is -0.120. The van der Waals surface area contributed by atoms with Crippen molar-refractivity contribution in [2.24, 2.45) is 0 Å². The summed E-state index contributed by atoms with van der Waals surface area (Å²) >= 11 is 0. The number of nitrogens with one attached hydrogen (secondary N) is 1. The fourth-order valence-electron chi connectivity index (χ4n) is 2.82. The van der Waals surface area contributed by atoms with E-state index >= 15 is 0 Å². The molecule has 2 aromatic rings. The molecule has 0 spiro atoms. The Kier molecular flexibility index (Phi) is 5.55. The lowest BCUT2D eigenvalue weighted by Gasteiger charge is -2.24. The van der Waals surface area contributed by atoms with Gasteiger partial charge in [0.25, 0.3) is 0 Å². The van der Waals surface area contributed by atoms with Crippen molar-refractivity contribution in [2.45, 2.75) is 13.0 Å². The molecule has 0 fully saturated rings. The molecule has 0 bridgehead atoms. The molecular formula is C19H22N2O5S. The van der Waals surface area contributed by atoms with E-state index in [4.69, 9.17) is 9.47 Å². The first-order valence-electron chi connectivity index (χ1n) is 8.56. The fraction of sp³-hybridized carbons (Fsp3) is 0.316. The number of carbonyl (C=O) groups excluding carboxylic acids is 1. The maximum absolute atomic E-state index is 12.5. The van der Waals surface area contributed by atoms with Gasteiger partial charge in [0.15, 0.2) is 11.5 Å². The van der Waals surface area contributed by atoms with Crippen molar-refractivity contribution in [3.63, 3.8) is 0 Å². The number of anilines is 1. The second-order valence-corrected chi connectivity index (χ2v) is 8.20. The van der Waals surface area contributed by atoms with Crippen LogP contribution in [0.15, 0.2) is 48.5 Å². The molecule has 7 nitrogen and oxygen atoms in total. The fourth-order valence-corrected chi connectivity index (χ4v) is 3.68. The Labute approximate surface area is 158 Å². The minimum Gasteiger partial charge on any atom is -0.486 e. The highest BCUT2D eigenvalue weighted by Gasteiger charge is 2.22. The molecular weight excluding hydrogens is 368 g/mol. The molecule has 27 heavy (non-hydrogen) atoms. The summed E-state index contributed by atoms with van der Waals surface area (Å²) in [6, 6.07) is 13.7. The van der Waals surface area contributed by atoms with Gasteiger partial charge in [-0.2, -0.15) is 0 Å². The second kappa shape index (κ2) is 7.87. The predicted molar refractivity (Wildman–Crippen MR) is 103 cm³/mol. The number of hydrogen-bond acceptors (Lipinski definition) is 5. The minimum absolute atomic E-state index is 0.294. The number of nitrogens with zero attached hydrogens (tertiary/aromatic N) is 1. The van der Waals surface area contributed by atoms with E-state index in [1.54, 1.807) is 36.4 Å². The van der Waals surface area contributed by atoms with E-state index in [9.17, 15) is 13.2 Å². The number of rotatable bonds is 6. The highest BCUT2D eigenvalue weighted by atomic mass is 32.2. The van der Waals surface area contributed by atoms with Crippen molar-refractivity contribution >= 4 is 21.6 Å². The molecule has 1 aliphatic rings. The van der Waals surface area contributed by atoms with Crippen molar-refractivity contribution in [3.05, 3.63) is 54.1 Å². The molecule has 1 heterocycles. The molecule has 1 atom stereocenters. The summed E-state index contributed by atoms with van der Waals surface area (Å²) in [6.45, 7) is 2.53. The molecule has 0 radical (unpaired) electrons. The van der Waals surface area contributed by atoms with Crippen LogP contribution in [0.3, 0.4) is 0 Å². The molecule has 144 valence electrons. The molecule has 3 rings (SSSR count). The second-order valence-electron chi connectivity index (χ2n) is 6.30. The number of sulfonamides is 1. The number of hydrogen-bond donors (Lipinski definition) is 1. The summed E-state index contributed by atoms with van der Waals surface area (Å²) in [5.74, 6) is 0.921. The topological polar surface area (TPSA) is 84.9 Å². The highest BCUT2D eigenvalue weighted by molar-refractivity contribution is 7.92. The smallest absolute Gasteiger partial charge is 0.241 e. The molecule has 0 aromatic heterocycles. The molecule has 2 aromatic carbocycles. The standard InChI is InChI=1S/C19H22N2O5S/c1-14(15-8-9-17-18(12-15)26-11-10-25-17)20-19(22)13-21(27(2,23)24)16-6-4-3-5-7-16/h3-9,12,14H,10-11,13H2,1-2H3,(H,20,22)/t14-/m1/s1. The van der Waals surface area contributed by atoms with Crippen LogP contribution in [0.25, 0.3) is 0 Å². The monoisotopic (exact) mass is 390 g/mol. The molecule has 0 aliphatic carbocycles. The summed E-state index contributed by atoms with van der Waals surface area (Å²) in [7, 11) is -3.59. The molecule has 1 amide bonds. The predicted octanol–water partition coefficient (Wildman–Crippen LogP) is 2.10. The van der Waals surface area contributed by atoms with Crippen LogP contribution < -0.4 is 19.1 Å². The lowest BCUT2D eigenvalue weighted by Crippen LogP contribution is -2.41. The van der Waals surface area contributed by atoms with E-state index in [2.05, 4.69) is 5.32 Å². The summed E-state index contributed by atoms with van der Waals surface area (Å²) in [4.78, 5) is 12.5. The number of benzene rings is 2. The van der Waals surface area contributed by atoms with Crippen LogP contribution in [-0.2, 0) is 14.8 Å². The van der Waals surface area contributed by atoms with Crippen LogP contribution in [0.5, 0.6) is 11.5 Å². The molecule has 0 saturated carbocycles. The largest absolute Gasteiger partial charge is 0.486 e. The Morgan fingerprint density at radius 2 is 1.78 bits per heavy atom. The Bertz CT molecular complexity index is 915. The third-order valence-corrected chi connectivity index (χ3v) is 5.32. The number of para-hydroxylation sites is 1. The Balaban J connectivity index is 1.70. The van der Waals surface area contributed by atoms with Gasteiger partial charge >= 0.3 is 0 Å². The maximum Gasteiger partial charge on any atom is 0.241 e. The zero-order valence-corrected chi connectivity index (χ0v) is 16.0. The third kappa shape index (κ3) is 4.71. The summed E-state index contributed by atoms with van der Waals surface area (Å²) in [6.07, 6.45) is 1.08. The van der Waals surface area contributed by atoms with Crippen molar-refractivity contribution in [3.8, 4) is 11.5 Å². The van der Waals surface area contributed by atoms with Crippen LogP contribution in [0, 0.1) is 0 Å². The van der Waals surface area contributed by atoms with E-state index in [-0.39, 0.29) is 12.6 Å². The molecule has 1 aliphatic heterocycles. The first-order valence-corrected chi connectivity index (χ1v) is 10.4. The first-order chi connectivity index (χ1) is 12.8. The Morgan fingerprint density at radius 3 is 2.44 bits per heavy atom. The third-order valence-electron chi connectivity index (χ3n) is 4.18. The van der Waals surface area contributed by atoms with E-state index in [0.717, 1.165) is 16.1 Å². The highest BCUT2D eigenvalue weighted by Crippen LogP contribution is 2.32. The maximum atomic E-state index is 12.5. The normalized spacial score (nSPS) is 14.3. The average molecular weight is 390 g/mol. The van der Waals surface area contributed by atoms with Gasteiger partial charge in [-0.15, -0.1) is 0 Å². The van der Waals surface area contributed by atoms with E-state index < -0.39 is 15.9 Å². The lowest BCUT2D eigenvalue weighted by atomic mass is 10.1. The van der Waals surface area contributed by atoms with E-state index in [1.165, 1.54) is 0 Å². The van der Waals surface area contributed by atoms with Gasteiger partial charge in [-0.25, -0.2) is 8.42 Å². The van der Waals surface area contributed by atoms with Gasteiger partial charge in [-0.05, 0) is 36.8 Å². The number of fused-ring (bicyclic) bond motifs is 1. The van der Waals surface area contributed by atoms with Gasteiger partial charge < -0.3 is 14.8 Å². The zero-order chi connectivity index (χ0) is 19.4. The Hall–Kier alpha value is -2.74. The van der Waals surface area contributed by atoms with Gasteiger partial charge in [0.05, 0.1) is 18.0 Å². The first kappa shape index (κ1) is 19.0. The summed E-state index contributed by atoms with van der Waals surface area (Å²) < 4.78 is 36.3. The van der Waals surface area contributed by atoms with Crippen LogP contribution in [0.1, 0.15) is 18.5 Å². The molecule has 1 N–H and O–H groups in total. The molecule has 8 heteroatoms. The average Bonchev–Trinajstić information content (AvgIpc) is 2.65. The Morgan fingerprint density at radius 1 is 1.11 bits per heavy atom. The number of ether oxygens (including phenoxy) is 2. The van der Waals surface area contributed by atoms with Gasteiger partial charge in [0, 0.05) is 0 Å². The van der Waals surface area contributed by atoms with Crippen molar-refractivity contribution in [1.82, 2.24) is 5.32 Å². The zero-order valence-electron chi connectivity index (χ0n) is 15.2. The van der Waals surface area contributed by atoms with Gasteiger partial charge in [-0.3, -0.25) is 9.10 Å². The SMILES string of the molecule is C[C@@H](NC(=O)CN(c1ccccc1)S(C)(=O)=O)c1ccc2c(c1)OCCO2. The van der Waals surface area contributed by atoms with Crippen LogP contribution in [0.4, 0.5) is 5.69 Å². The van der Waals surface area contributed by atoms with Gasteiger partial charge in [-0.1, -0.05) is 24.3 Å². The summed E-state index contributed by atoms with van der Waals surface area (Å²) in [5, 5.41) is 2.83. The van der Waals surface area contributed by atoms with E-state index in [1.807, 2.05) is 19.1 Å². The number of amides is 1. The number of carbonyl (C=O) groups is 1. The van der Waals surface area contributed by atoms with Crippen LogP contribution in [0.2, 0.25) is 0 Å². The quantitative estimate of drug-likeness (QED) is 0.817. The van der Waals surface area contributed by atoms with Crippen LogP contribution in [-0.4, -0.2) is 40.3 Å². The van der Waals surface area contributed by atoms with Crippen LogP contribution >= 0.6 is 0 Å². The van der Waals surface area contributed by atoms with E-state index in [0.29, 0.717) is 30.4 Å². The molecule has 0 unspecified atom stereocenters. The van der Waals surface area contributed by atoms with Crippen molar-refractivity contribution in [2.75, 3.05) is 30.3 Å². The van der Waals surface area contributed by atoms with Gasteiger partial charge in [0.2, 0.25) is 15.9 Å².